The van der Waals surface area contributed by atoms with Crippen LogP contribution in [0.15, 0.2) is 42.7 Å². The van der Waals surface area contributed by atoms with E-state index in [0.717, 1.165) is 22.5 Å². The van der Waals surface area contributed by atoms with Crippen LogP contribution >= 0.6 is 0 Å². The predicted molar refractivity (Wildman–Crippen MR) is 66.8 cm³/mol. The van der Waals surface area contributed by atoms with Crippen LogP contribution < -0.4 is 10.6 Å². The molecule has 1 aromatic carbocycles. The zero-order valence-electron chi connectivity index (χ0n) is 9.10. The third-order valence-corrected chi connectivity index (χ3v) is 2.73. The number of carbonyl (C=O) groups is 1. The molecule has 17 heavy (non-hydrogen) atoms. The van der Waals surface area contributed by atoms with Gasteiger partial charge >= 0.3 is 0 Å². The molecule has 1 aliphatic rings. The maximum Gasteiger partial charge on any atom is 0.243 e. The van der Waals surface area contributed by atoms with E-state index in [2.05, 4.69) is 15.6 Å². The van der Waals surface area contributed by atoms with Gasteiger partial charge in [0.1, 0.15) is 0 Å². The topological polar surface area (TPSA) is 54.0 Å². The number of rotatable bonds is 1. The van der Waals surface area contributed by atoms with E-state index in [9.17, 15) is 4.79 Å². The van der Waals surface area contributed by atoms with E-state index in [1.807, 2.05) is 36.5 Å². The van der Waals surface area contributed by atoms with Crippen LogP contribution in [-0.4, -0.2) is 17.4 Å². The first-order valence-corrected chi connectivity index (χ1v) is 5.41. The Morgan fingerprint density at radius 1 is 1.12 bits per heavy atom. The Hall–Kier alpha value is -2.36. The van der Waals surface area contributed by atoms with E-state index in [1.165, 1.54) is 0 Å². The molecule has 2 heterocycles. The molecule has 4 nitrogen and oxygen atoms in total. The standard InChI is InChI=1S/C13H11N3O/c17-13-8-15-12-6-9(3-4-11(12)16-13)10-2-1-5-14-7-10/h1-7,15H,8H2,(H,16,17). The van der Waals surface area contributed by atoms with E-state index >= 15 is 0 Å². The maximum atomic E-state index is 11.2. The number of fused-ring (bicyclic) bond motifs is 1. The maximum absolute atomic E-state index is 11.2. The number of amides is 1. The highest BCUT2D eigenvalue weighted by Gasteiger charge is 2.14. The van der Waals surface area contributed by atoms with Crippen LogP contribution in [0.4, 0.5) is 11.4 Å². The Balaban J connectivity index is 2.02. The summed E-state index contributed by atoms with van der Waals surface area (Å²) in [5.74, 6) is -0.00775. The third-order valence-electron chi connectivity index (χ3n) is 2.73. The summed E-state index contributed by atoms with van der Waals surface area (Å²) in [6, 6.07) is 9.82. The SMILES string of the molecule is O=C1CNc2cc(-c3cccnc3)ccc2N1. The first kappa shape index (κ1) is 9.84. The molecular formula is C13H11N3O. The second kappa shape index (κ2) is 3.90. The summed E-state index contributed by atoms with van der Waals surface area (Å²) in [5.41, 5.74) is 3.93. The van der Waals surface area contributed by atoms with Crippen molar-refractivity contribution in [3.8, 4) is 11.1 Å². The zero-order valence-corrected chi connectivity index (χ0v) is 9.10. The monoisotopic (exact) mass is 225 g/mol. The second-order valence-electron chi connectivity index (χ2n) is 3.90. The molecule has 0 saturated carbocycles. The smallest absolute Gasteiger partial charge is 0.243 e. The van der Waals surface area contributed by atoms with Crippen molar-refractivity contribution in [3.63, 3.8) is 0 Å². The molecule has 0 fully saturated rings. The quantitative estimate of drug-likeness (QED) is 0.781. The fraction of sp³-hybridized carbons (Fsp3) is 0.0769. The minimum absolute atomic E-state index is 0.00775. The normalized spacial score (nSPS) is 13.5. The molecule has 2 N–H and O–H groups in total. The molecule has 1 amide bonds. The van der Waals surface area contributed by atoms with Crippen LogP contribution in [-0.2, 0) is 4.79 Å². The minimum atomic E-state index is -0.00775. The number of nitrogens with zero attached hydrogens (tertiary/aromatic N) is 1. The predicted octanol–water partition coefficient (Wildman–Crippen LogP) is 2.11. The van der Waals surface area contributed by atoms with Crippen molar-refractivity contribution >= 4 is 17.3 Å². The van der Waals surface area contributed by atoms with Gasteiger partial charge in [0.2, 0.25) is 5.91 Å². The average Bonchev–Trinajstić information content (AvgIpc) is 2.39. The first-order valence-electron chi connectivity index (χ1n) is 5.41. The highest BCUT2D eigenvalue weighted by atomic mass is 16.2. The van der Waals surface area contributed by atoms with E-state index in [1.54, 1.807) is 6.20 Å². The van der Waals surface area contributed by atoms with Gasteiger partial charge in [0.05, 0.1) is 17.9 Å². The van der Waals surface area contributed by atoms with Gasteiger partial charge in [-0.1, -0.05) is 12.1 Å². The number of aromatic nitrogens is 1. The molecule has 3 rings (SSSR count). The summed E-state index contributed by atoms with van der Waals surface area (Å²) < 4.78 is 0. The Labute approximate surface area is 98.7 Å². The number of pyridine rings is 1. The van der Waals surface area contributed by atoms with Gasteiger partial charge in [0, 0.05) is 18.0 Å². The van der Waals surface area contributed by atoms with Gasteiger partial charge in [-0.05, 0) is 23.8 Å². The summed E-state index contributed by atoms with van der Waals surface area (Å²) in [7, 11) is 0. The summed E-state index contributed by atoms with van der Waals surface area (Å²) in [6.07, 6.45) is 3.57. The van der Waals surface area contributed by atoms with Crippen molar-refractivity contribution in [2.45, 2.75) is 0 Å². The van der Waals surface area contributed by atoms with Crippen molar-refractivity contribution in [1.29, 1.82) is 0 Å². The number of hydrogen-bond donors (Lipinski definition) is 2. The second-order valence-corrected chi connectivity index (χ2v) is 3.90. The molecule has 0 atom stereocenters. The number of benzene rings is 1. The Morgan fingerprint density at radius 3 is 2.88 bits per heavy atom. The van der Waals surface area contributed by atoms with E-state index in [4.69, 9.17) is 0 Å². The number of hydrogen-bond acceptors (Lipinski definition) is 3. The highest BCUT2D eigenvalue weighted by molar-refractivity contribution is 6.01. The molecule has 0 bridgehead atoms. The van der Waals surface area contributed by atoms with Crippen LogP contribution in [0.25, 0.3) is 11.1 Å². The van der Waals surface area contributed by atoms with Crippen LogP contribution in [0.1, 0.15) is 0 Å². The first-order chi connectivity index (χ1) is 8.33. The van der Waals surface area contributed by atoms with Crippen molar-refractivity contribution < 1.29 is 4.79 Å². The van der Waals surface area contributed by atoms with Crippen LogP contribution in [0.2, 0.25) is 0 Å². The Bertz CT molecular complexity index is 566. The molecule has 0 unspecified atom stereocenters. The molecule has 4 heteroatoms. The van der Waals surface area contributed by atoms with Crippen LogP contribution in [0, 0.1) is 0 Å². The highest BCUT2D eigenvalue weighted by Crippen LogP contribution is 2.30. The van der Waals surface area contributed by atoms with E-state index in [0.29, 0.717) is 6.54 Å². The van der Waals surface area contributed by atoms with E-state index < -0.39 is 0 Å². The van der Waals surface area contributed by atoms with E-state index in [-0.39, 0.29) is 5.91 Å². The lowest BCUT2D eigenvalue weighted by atomic mass is 10.1. The molecule has 1 aromatic heterocycles. The number of anilines is 2. The molecule has 0 aliphatic carbocycles. The fourth-order valence-corrected chi connectivity index (χ4v) is 1.88. The van der Waals surface area contributed by atoms with Gasteiger partial charge in [-0.15, -0.1) is 0 Å². The van der Waals surface area contributed by atoms with Gasteiger partial charge in [-0.3, -0.25) is 9.78 Å². The van der Waals surface area contributed by atoms with Crippen molar-refractivity contribution in [2.24, 2.45) is 0 Å². The fourth-order valence-electron chi connectivity index (χ4n) is 1.88. The van der Waals surface area contributed by atoms with Gasteiger partial charge in [0.15, 0.2) is 0 Å². The van der Waals surface area contributed by atoms with Gasteiger partial charge < -0.3 is 10.6 Å². The molecule has 2 aromatic rings. The van der Waals surface area contributed by atoms with Crippen molar-refractivity contribution in [3.05, 3.63) is 42.7 Å². The largest absolute Gasteiger partial charge is 0.374 e. The van der Waals surface area contributed by atoms with Gasteiger partial charge in [-0.2, -0.15) is 0 Å². The molecule has 0 saturated heterocycles. The number of carbonyl (C=O) groups excluding carboxylic acids is 1. The summed E-state index contributed by atoms with van der Waals surface area (Å²) in [4.78, 5) is 15.3. The minimum Gasteiger partial charge on any atom is -0.374 e. The molecular weight excluding hydrogens is 214 g/mol. The zero-order chi connectivity index (χ0) is 11.7. The lowest BCUT2D eigenvalue weighted by molar-refractivity contribution is -0.114. The third kappa shape index (κ3) is 1.85. The lowest BCUT2D eigenvalue weighted by Gasteiger charge is -2.19. The molecule has 0 radical (unpaired) electrons. The van der Waals surface area contributed by atoms with Crippen molar-refractivity contribution in [2.75, 3.05) is 17.2 Å². The van der Waals surface area contributed by atoms with Crippen molar-refractivity contribution in [1.82, 2.24) is 4.98 Å². The molecule has 0 spiro atoms. The van der Waals surface area contributed by atoms with Crippen LogP contribution in [0.5, 0.6) is 0 Å². The average molecular weight is 225 g/mol. The Kier molecular flexibility index (Phi) is 2.26. The number of nitrogens with one attached hydrogen (secondary N) is 2. The van der Waals surface area contributed by atoms with Crippen LogP contribution in [0.3, 0.4) is 0 Å². The summed E-state index contributed by atoms with van der Waals surface area (Å²) >= 11 is 0. The summed E-state index contributed by atoms with van der Waals surface area (Å²) in [6.45, 7) is 0.323. The molecule has 84 valence electrons. The summed E-state index contributed by atoms with van der Waals surface area (Å²) in [5, 5.41) is 5.91. The van der Waals surface area contributed by atoms with Gasteiger partial charge in [0.25, 0.3) is 0 Å². The molecule has 1 aliphatic heterocycles. The lowest BCUT2D eigenvalue weighted by Crippen LogP contribution is -2.27. The van der Waals surface area contributed by atoms with Gasteiger partial charge in [-0.25, -0.2) is 0 Å². The Morgan fingerprint density at radius 2 is 2.06 bits per heavy atom.